The van der Waals surface area contributed by atoms with Gasteiger partial charge in [0.05, 0.1) is 0 Å². The van der Waals surface area contributed by atoms with Gasteiger partial charge >= 0.3 is 0 Å². The number of phenolic OH excluding ortho intramolecular Hbond substituents is 1. The maximum Gasteiger partial charge on any atom is 0.123 e. The number of hydrogen-bond acceptors (Lipinski definition) is 3. The van der Waals surface area contributed by atoms with Crippen molar-refractivity contribution in [2.45, 2.75) is 45.6 Å². The highest BCUT2D eigenvalue weighted by molar-refractivity contribution is 5.43. The van der Waals surface area contributed by atoms with Crippen LogP contribution in [0.25, 0.3) is 0 Å². The third-order valence-electron chi connectivity index (χ3n) is 3.00. The van der Waals surface area contributed by atoms with Gasteiger partial charge in [-0.25, -0.2) is 0 Å². The summed E-state index contributed by atoms with van der Waals surface area (Å²) in [6.45, 7) is 8.06. The molecule has 18 heavy (non-hydrogen) atoms. The topological polar surface area (TPSA) is 52.5 Å². The molecular formula is C15H25NO2. The lowest BCUT2D eigenvalue weighted by Gasteiger charge is -2.22. The molecule has 0 radical (unpaired) electrons. The number of aliphatic hydroxyl groups is 1. The second-order valence-electron chi connectivity index (χ2n) is 5.67. The zero-order valence-corrected chi connectivity index (χ0v) is 11.7. The molecule has 0 aliphatic carbocycles. The summed E-state index contributed by atoms with van der Waals surface area (Å²) in [4.78, 5) is 0. The van der Waals surface area contributed by atoms with E-state index in [2.05, 4.69) is 26.1 Å². The van der Waals surface area contributed by atoms with E-state index in [0.717, 1.165) is 30.5 Å². The summed E-state index contributed by atoms with van der Waals surface area (Å²) in [5.74, 6) is 0.402. The van der Waals surface area contributed by atoms with E-state index >= 15 is 0 Å². The third-order valence-corrected chi connectivity index (χ3v) is 3.00. The Balaban J connectivity index is 2.62. The van der Waals surface area contributed by atoms with Crippen LogP contribution in [0.3, 0.4) is 0 Å². The molecule has 0 heterocycles. The average molecular weight is 251 g/mol. The van der Waals surface area contributed by atoms with Gasteiger partial charge < -0.3 is 15.5 Å². The molecule has 0 saturated carbocycles. The number of benzene rings is 1. The van der Waals surface area contributed by atoms with Crippen LogP contribution in [-0.2, 0) is 12.0 Å². The van der Waals surface area contributed by atoms with E-state index in [1.807, 2.05) is 18.2 Å². The Bertz CT molecular complexity index is 369. The SMILES string of the molecule is CC(C)(C)c1cccc(CNCCCCO)c1O. The Hall–Kier alpha value is -1.06. The first-order valence-electron chi connectivity index (χ1n) is 6.59. The lowest BCUT2D eigenvalue weighted by atomic mass is 9.85. The van der Waals surface area contributed by atoms with Gasteiger partial charge in [-0.3, -0.25) is 0 Å². The molecule has 1 aromatic rings. The van der Waals surface area contributed by atoms with Crippen LogP contribution >= 0.6 is 0 Å². The molecule has 3 nitrogen and oxygen atoms in total. The number of hydrogen-bond donors (Lipinski definition) is 3. The Labute approximate surface area is 110 Å². The number of nitrogens with one attached hydrogen (secondary N) is 1. The minimum absolute atomic E-state index is 0.0447. The molecule has 0 spiro atoms. The fourth-order valence-corrected chi connectivity index (χ4v) is 1.92. The van der Waals surface area contributed by atoms with Crippen LogP contribution in [0.4, 0.5) is 0 Å². The molecule has 0 bridgehead atoms. The van der Waals surface area contributed by atoms with Crippen molar-refractivity contribution in [1.29, 1.82) is 0 Å². The van der Waals surface area contributed by atoms with Crippen molar-refractivity contribution in [3.8, 4) is 5.75 Å². The van der Waals surface area contributed by atoms with Gasteiger partial charge in [-0.15, -0.1) is 0 Å². The molecular weight excluding hydrogens is 226 g/mol. The molecule has 0 fully saturated rings. The Morgan fingerprint density at radius 1 is 1.17 bits per heavy atom. The molecule has 0 aliphatic heterocycles. The first kappa shape index (κ1) is 15.0. The molecule has 1 rings (SSSR count). The van der Waals surface area contributed by atoms with E-state index in [-0.39, 0.29) is 12.0 Å². The van der Waals surface area contributed by atoms with Crippen LogP contribution in [-0.4, -0.2) is 23.4 Å². The lowest BCUT2D eigenvalue weighted by molar-refractivity contribution is 0.283. The van der Waals surface area contributed by atoms with Crippen LogP contribution < -0.4 is 5.32 Å². The summed E-state index contributed by atoms with van der Waals surface area (Å²) in [6.07, 6.45) is 1.78. The maximum absolute atomic E-state index is 10.2. The highest BCUT2D eigenvalue weighted by Gasteiger charge is 2.19. The van der Waals surface area contributed by atoms with Gasteiger partial charge in [0.15, 0.2) is 0 Å². The molecule has 0 amide bonds. The maximum atomic E-state index is 10.2. The van der Waals surface area contributed by atoms with Gasteiger partial charge in [0.1, 0.15) is 5.75 Å². The molecule has 0 aromatic heterocycles. The minimum atomic E-state index is -0.0447. The Morgan fingerprint density at radius 2 is 1.89 bits per heavy atom. The van der Waals surface area contributed by atoms with Gasteiger partial charge in [-0.2, -0.15) is 0 Å². The summed E-state index contributed by atoms with van der Waals surface area (Å²) >= 11 is 0. The quantitative estimate of drug-likeness (QED) is 0.681. The summed E-state index contributed by atoms with van der Waals surface area (Å²) < 4.78 is 0. The summed E-state index contributed by atoms with van der Waals surface area (Å²) in [7, 11) is 0. The molecule has 0 aliphatic rings. The highest BCUT2D eigenvalue weighted by Crippen LogP contribution is 2.32. The highest BCUT2D eigenvalue weighted by atomic mass is 16.3. The summed E-state index contributed by atoms with van der Waals surface area (Å²) in [5.41, 5.74) is 1.88. The van der Waals surface area contributed by atoms with E-state index < -0.39 is 0 Å². The minimum Gasteiger partial charge on any atom is -0.507 e. The smallest absolute Gasteiger partial charge is 0.123 e. The Morgan fingerprint density at radius 3 is 2.50 bits per heavy atom. The molecule has 3 heteroatoms. The molecule has 1 aromatic carbocycles. The van der Waals surface area contributed by atoms with Crippen molar-refractivity contribution in [1.82, 2.24) is 5.32 Å². The molecule has 102 valence electrons. The molecule has 3 N–H and O–H groups in total. The van der Waals surface area contributed by atoms with Crippen molar-refractivity contribution in [2.24, 2.45) is 0 Å². The summed E-state index contributed by atoms with van der Waals surface area (Å²) in [6, 6.07) is 5.92. The van der Waals surface area contributed by atoms with Crippen LogP contribution in [0.5, 0.6) is 5.75 Å². The van der Waals surface area contributed by atoms with Crippen molar-refractivity contribution in [3.05, 3.63) is 29.3 Å². The molecule has 0 atom stereocenters. The first-order valence-corrected chi connectivity index (χ1v) is 6.59. The number of rotatable bonds is 6. The zero-order valence-electron chi connectivity index (χ0n) is 11.7. The second-order valence-corrected chi connectivity index (χ2v) is 5.67. The standard InChI is InChI=1S/C15H25NO2/c1-15(2,3)13-8-6-7-12(14(13)18)11-16-9-4-5-10-17/h6-8,16-18H,4-5,9-11H2,1-3H3. The predicted molar refractivity (Wildman–Crippen MR) is 74.8 cm³/mol. The van der Waals surface area contributed by atoms with E-state index in [0.29, 0.717) is 12.3 Å². The zero-order chi connectivity index (χ0) is 13.6. The van der Waals surface area contributed by atoms with Gasteiger partial charge in [-0.1, -0.05) is 39.0 Å². The summed E-state index contributed by atoms with van der Waals surface area (Å²) in [5, 5.41) is 22.2. The largest absolute Gasteiger partial charge is 0.507 e. The van der Waals surface area contributed by atoms with E-state index in [1.54, 1.807) is 0 Å². The lowest BCUT2D eigenvalue weighted by Crippen LogP contribution is -2.17. The van der Waals surface area contributed by atoms with Crippen molar-refractivity contribution in [3.63, 3.8) is 0 Å². The van der Waals surface area contributed by atoms with Crippen LogP contribution in [0.2, 0.25) is 0 Å². The van der Waals surface area contributed by atoms with Crippen molar-refractivity contribution >= 4 is 0 Å². The number of para-hydroxylation sites is 1. The van der Waals surface area contributed by atoms with Gasteiger partial charge in [0.25, 0.3) is 0 Å². The monoisotopic (exact) mass is 251 g/mol. The van der Waals surface area contributed by atoms with E-state index in [9.17, 15) is 5.11 Å². The van der Waals surface area contributed by atoms with Crippen LogP contribution in [0.1, 0.15) is 44.7 Å². The van der Waals surface area contributed by atoms with Gasteiger partial charge in [-0.05, 0) is 30.4 Å². The predicted octanol–water partition coefficient (Wildman–Crippen LogP) is 2.55. The van der Waals surface area contributed by atoms with Crippen molar-refractivity contribution in [2.75, 3.05) is 13.2 Å². The van der Waals surface area contributed by atoms with E-state index in [1.165, 1.54) is 0 Å². The van der Waals surface area contributed by atoms with Crippen LogP contribution in [0.15, 0.2) is 18.2 Å². The first-order chi connectivity index (χ1) is 8.46. The fourth-order valence-electron chi connectivity index (χ4n) is 1.92. The van der Waals surface area contributed by atoms with Crippen molar-refractivity contribution < 1.29 is 10.2 Å². The van der Waals surface area contributed by atoms with E-state index in [4.69, 9.17) is 5.11 Å². The fraction of sp³-hybridized carbons (Fsp3) is 0.600. The normalized spacial score (nSPS) is 11.8. The average Bonchev–Trinajstić information content (AvgIpc) is 2.29. The molecule has 0 unspecified atom stereocenters. The number of aromatic hydroxyl groups is 1. The van der Waals surface area contributed by atoms with Gasteiger partial charge in [0.2, 0.25) is 0 Å². The Kier molecular flexibility index (Phi) is 5.63. The number of aliphatic hydroxyl groups excluding tert-OH is 1. The van der Waals surface area contributed by atoms with Gasteiger partial charge in [0, 0.05) is 18.7 Å². The third kappa shape index (κ3) is 4.31. The second kappa shape index (κ2) is 6.76. The van der Waals surface area contributed by atoms with Crippen LogP contribution in [0, 0.1) is 0 Å². The number of phenols is 1. The molecule has 0 saturated heterocycles. The number of unbranched alkanes of at least 4 members (excludes halogenated alkanes) is 1.